The lowest BCUT2D eigenvalue weighted by atomic mass is 9.65. The number of hydrogen-bond donors (Lipinski definition) is 1. The van der Waals surface area contributed by atoms with Gasteiger partial charge in [-0.05, 0) is 56.4 Å². The summed E-state index contributed by atoms with van der Waals surface area (Å²) in [6.07, 6.45) is 13.0. The molecule has 1 atom stereocenters. The van der Waals surface area contributed by atoms with Crippen molar-refractivity contribution in [1.29, 1.82) is 0 Å². The van der Waals surface area contributed by atoms with Gasteiger partial charge in [0.1, 0.15) is 0 Å². The molecule has 3 aliphatic rings. The number of rotatable bonds is 4. The van der Waals surface area contributed by atoms with Gasteiger partial charge >= 0.3 is 0 Å². The van der Waals surface area contributed by atoms with E-state index in [4.69, 9.17) is 0 Å². The summed E-state index contributed by atoms with van der Waals surface area (Å²) in [6.45, 7) is 3.61. The molecule has 1 heterocycles. The molecule has 0 amide bonds. The van der Waals surface area contributed by atoms with Crippen molar-refractivity contribution in [2.75, 3.05) is 25.9 Å². The molecule has 2 fully saturated rings. The lowest BCUT2D eigenvalue weighted by molar-refractivity contribution is 0.0987. The maximum absolute atomic E-state index is 11.2. The predicted octanol–water partition coefficient (Wildman–Crippen LogP) is 1.75. The van der Waals surface area contributed by atoms with Crippen LogP contribution >= 0.6 is 0 Å². The number of likely N-dealkylation sites (tertiary alicyclic amines) is 1. The fourth-order valence-corrected chi connectivity index (χ4v) is 5.05. The van der Waals surface area contributed by atoms with E-state index in [1.807, 2.05) is 0 Å². The summed E-state index contributed by atoms with van der Waals surface area (Å²) in [5, 5.41) is 0. The fourth-order valence-electron chi connectivity index (χ4n) is 4.28. The Labute approximate surface area is 122 Å². The largest absolute Gasteiger partial charge is 0.302 e. The van der Waals surface area contributed by atoms with Crippen molar-refractivity contribution in [2.24, 2.45) is 11.3 Å². The molecule has 1 aliphatic heterocycles. The van der Waals surface area contributed by atoms with E-state index >= 15 is 0 Å². The second-order valence-electron chi connectivity index (χ2n) is 7.13. The molecule has 3 rings (SSSR count). The first kappa shape index (κ1) is 14.5. The molecule has 1 spiro atoms. The van der Waals surface area contributed by atoms with Crippen LogP contribution in [0.25, 0.3) is 0 Å². The summed E-state index contributed by atoms with van der Waals surface area (Å²) < 4.78 is 25.2. The molecule has 0 aromatic carbocycles. The fraction of sp³-hybridized carbons (Fsp3) is 0.867. The van der Waals surface area contributed by atoms with Crippen molar-refractivity contribution in [3.63, 3.8) is 0 Å². The quantitative estimate of drug-likeness (QED) is 0.804. The average molecular weight is 298 g/mol. The Bertz CT molecular complexity index is 480. The van der Waals surface area contributed by atoms with Gasteiger partial charge in [0.2, 0.25) is 10.0 Å². The van der Waals surface area contributed by atoms with Crippen LogP contribution < -0.4 is 4.72 Å². The normalized spacial score (nSPS) is 38.2. The molecule has 0 aromatic rings. The Morgan fingerprint density at radius 2 is 2.15 bits per heavy atom. The minimum absolute atomic E-state index is 0.183. The second kappa shape index (κ2) is 5.43. The van der Waals surface area contributed by atoms with Gasteiger partial charge in [0.15, 0.2) is 0 Å². The zero-order valence-electron chi connectivity index (χ0n) is 12.3. The van der Waals surface area contributed by atoms with Crippen LogP contribution in [-0.4, -0.2) is 45.2 Å². The van der Waals surface area contributed by atoms with E-state index in [-0.39, 0.29) is 6.04 Å². The molecule has 1 N–H and O–H groups in total. The van der Waals surface area contributed by atoms with Crippen LogP contribution in [0.3, 0.4) is 0 Å². The minimum Gasteiger partial charge on any atom is -0.302 e. The van der Waals surface area contributed by atoms with E-state index in [2.05, 4.69) is 21.8 Å². The molecule has 4 nitrogen and oxygen atoms in total. The molecule has 1 saturated heterocycles. The van der Waals surface area contributed by atoms with Gasteiger partial charge in [-0.1, -0.05) is 12.2 Å². The molecule has 1 unspecified atom stereocenters. The first-order valence-electron chi connectivity index (χ1n) is 7.79. The molecule has 114 valence electrons. The van der Waals surface area contributed by atoms with Gasteiger partial charge in [-0.15, -0.1) is 0 Å². The SMILES string of the molecule is CS(=O)(=O)NC1CC2(CCN(CC3CC=CCC3)C2)C1. The topological polar surface area (TPSA) is 49.4 Å². The van der Waals surface area contributed by atoms with Crippen LogP contribution in [-0.2, 0) is 10.0 Å². The highest BCUT2D eigenvalue weighted by Gasteiger charge is 2.49. The van der Waals surface area contributed by atoms with Crippen LogP contribution in [0.1, 0.15) is 38.5 Å². The van der Waals surface area contributed by atoms with Crippen LogP contribution in [0.5, 0.6) is 0 Å². The van der Waals surface area contributed by atoms with Crippen molar-refractivity contribution in [3.05, 3.63) is 12.2 Å². The monoisotopic (exact) mass is 298 g/mol. The van der Waals surface area contributed by atoms with Crippen LogP contribution in [0.4, 0.5) is 0 Å². The molecular weight excluding hydrogens is 272 g/mol. The summed E-state index contributed by atoms with van der Waals surface area (Å²) >= 11 is 0. The maximum atomic E-state index is 11.2. The van der Waals surface area contributed by atoms with E-state index in [1.54, 1.807) is 0 Å². The number of nitrogens with zero attached hydrogens (tertiary/aromatic N) is 1. The van der Waals surface area contributed by atoms with Gasteiger partial charge < -0.3 is 4.90 Å². The summed E-state index contributed by atoms with van der Waals surface area (Å²) in [5.41, 5.74) is 0.410. The second-order valence-corrected chi connectivity index (χ2v) is 8.91. The highest BCUT2D eigenvalue weighted by Crippen LogP contribution is 2.48. The predicted molar refractivity (Wildman–Crippen MR) is 81.0 cm³/mol. The molecule has 0 aromatic heterocycles. The number of hydrogen-bond acceptors (Lipinski definition) is 3. The first-order chi connectivity index (χ1) is 9.44. The third kappa shape index (κ3) is 3.43. The maximum Gasteiger partial charge on any atom is 0.208 e. The Kier molecular flexibility index (Phi) is 3.95. The zero-order chi connectivity index (χ0) is 14.2. The zero-order valence-corrected chi connectivity index (χ0v) is 13.2. The summed E-state index contributed by atoms with van der Waals surface area (Å²) in [5.74, 6) is 0.833. The lowest BCUT2D eigenvalue weighted by Gasteiger charge is -2.45. The third-order valence-electron chi connectivity index (χ3n) is 5.15. The van der Waals surface area contributed by atoms with Crippen molar-refractivity contribution < 1.29 is 8.42 Å². The van der Waals surface area contributed by atoms with Crippen LogP contribution in [0.15, 0.2) is 12.2 Å². The van der Waals surface area contributed by atoms with Crippen LogP contribution in [0, 0.1) is 11.3 Å². The molecule has 0 bridgehead atoms. The molecule has 1 saturated carbocycles. The van der Waals surface area contributed by atoms with Gasteiger partial charge in [0, 0.05) is 19.1 Å². The number of allylic oxidation sites excluding steroid dienone is 2. The lowest BCUT2D eigenvalue weighted by Crippen LogP contribution is -2.51. The molecule has 20 heavy (non-hydrogen) atoms. The highest BCUT2D eigenvalue weighted by molar-refractivity contribution is 7.88. The standard InChI is InChI=1S/C15H26N2O2S/c1-20(18,19)16-14-9-15(10-14)7-8-17(12-15)11-13-5-3-2-4-6-13/h2-3,13-14,16H,4-12H2,1H3. The Morgan fingerprint density at radius 1 is 1.35 bits per heavy atom. The van der Waals surface area contributed by atoms with Gasteiger partial charge in [-0.3, -0.25) is 0 Å². The smallest absolute Gasteiger partial charge is 0.208 e. The van der Waals surface area contributed by atoms with Gasteiger partial charge in [0.25, 0.3) is 0 Å². The van der Waals surface area contributed by atoms with E-state index in [0.717, 1.165) is 18.8 Å². The molecule has 5 heteroatoms. The van der Waals surface area contributed by atoms with Crippen molar-refractivity contribution >= 4 is 10.0 Å². The van der Waals surface area contributed by atoms with Crippen molar-refractivity contribution in [2.45, 2.75) is 44.6 Å². The van der Waals surface area contributed by atoms with Crippen molar-refractivity contribution in [3.8, 4) is 0 Å². The van der Waals surface area contributed by atoms with Gasteiger partial charge in [0.05, 0.1) is 6.26 Å². The van der Waals surface area contributed by atoms with E-state index in [1.165, 1.54) is 51.6 Å². The third-order valence-corrected chi connectivity index (χ3v) is 5.91. The average Bonchev–Trinajstić information content (AvgIpc) is 2.72. The summed E-state index contributed by atoms with van der Waals surface area (Å²) in [4.78, 5) is 2.61. The summed E-state index contributed by atoms with van der Waals surface area (Å²) in [6, 6.07) is 0.183. The van der Waals surface area contributed by atoms with E-state index in [9.17, 15) is 8.42 Å². The minimum atomic E-state index is -3.04. The molecule has 2 aliphatic carbocycles. The van der Waals surface area contributed by atoms with E-state index < -0.39 is 10.0 Å². The van der Waals surface area contributed by atoms with Crippen molar-refractivity contribution in [1.82, 2.24) is 9.62 Å². The highest BCUT2D eigenvalue weighted by atomic mass is 32.2. The Balaban J connectivity index is 1.45. The number of sulfonamides is 1. The Morgan fingerprint density at radius 3 is 2.80 bits per heavy atom. The first-order valence-corrected chi connectivity index (χ1v) is 9.68. The molecular formula is C15H26N2O2S. The van der Waals surface area contributed by atoms with Gasteiger partial charge in [-0.2, -0.15) is 0 Å². The summed E-state index contributed by atoms with van der Waals surface area (Å²) in [7, 11) is -3.04. The number of nitrogens with one attached hydrogen (secondary N) is 1. The molecule has 0 radical (unpaired) electrons. The van der Waals surface area contributed by atoms with Gasteiger partial charge in [-0.25, -0.2) is 13.1 Å². The van der Waals surface area contributed by atoms with Crippen LogP contribution in [0.2, 0.25) is 0 Å². The van der Waals surface area contributed by atoms with E-state index in [0.29, 0.717) is 5.41 Å². The Hall–Kier alpha value is -0.390.